The molecule has 6 nitrogen and oxygen atoms in total. The van der Waals surface area contributed by atoms with Gasteiger partial charge >= 0.3 is 0 Å². The summed E-state index contributed by atoms with van der Waals surface area (Å²) in [7, 11) is -3.15. The Hall–Kier alpha value is -2.43. The smallest absolute Gasteiger partial charge is 0.245 e. The van der Waals surface area contributed by atoms with Gasteiger partial charge in [-0.1, -0.05) is 99.7 Å². The lowest BCUT2D eigenvalue weighted by molar-refractivity contribution is -0.126. The first kappa shape index (κ1) is 28.8. The Morgan fingerprint density at radius 3 is 1.94 bits per heavy atom. The molecular weight excluding hydrogens is 459 g/mol. The van der Waals surface area contributed by atoms with Crippen LogP contribution in [0, 0.1) is 0 Å². The molecule has 0 saturated heterocycles. The van der Waals surface area contributed by atoms with E-state index < -0.39 is 12.7 Å². The lowest BCUT2D eigenvalue weighted by Gasteiger charge is -2.27. The molecule has 0 bridgehead atoms. The minimum atomic E-state index is -3.15. The Bertz CT molecular complexity index is 904. The molecule has 0 aromatic heterocycles. The van der Waals surface area contributed by atoms with E-state index in [1.54, 1.807) is 24.3 Å². The number of hydrogen-bond donors (Lipinski definition) is 2. The third-order valence-electron chi connectivity index (χ3n) is 5.74. The molecule has 0 aliphatic rings. The van der Waals surface area contributed by atoms with E-state index in [1.165, 1.54) is 25.7 Å². The number of carbonyl (C=O) groups excluding carboxylic acids is 2. The van der Waals surface area contributed by atoms with Gasteiger partial charge in [0.15, 0.2) is 7.14 Å². The van der Waals surface area contributed by atoms with Gasteiger partial charge in [-0.05, 0) is 20.3 Å². The summed E-state index contributed by atoms with van der Waals surface area (Å²) >= 11 is 0. The van der Waals surface area contributed by atoms with E-state index in [0.717, 1.165) is 12.8 Å². The Kier molecular flexibility index (Phi) is 12.2. The molecule has 0 aliphatic carbocycles. The van der Waals surface area contributed by atoms with E-state index >= 15 is 0 Å². The number of carbonyl (C=O) groups is 2. The van der Waals surface area contributed by atoms with Gasteiger partial charge in [0, 0.05) is 17.2 Å². The summed E-state index contributed by atoms with van der Waals surface area (Å²) in [6.07, 6.45) is 6.90. The molecule has 2 aromatic carbocycles. The molecule has 0 atom stereocenters. The zero-order valence-electron chi connectivity index (χ0n) is 21.4. The van der Waals surface area contributed by atoms with Crippen LogP contribution in [0.15, 0.2) is 60.7 Å². The van der Waals surface area contributed by atoms with Gasteiger partial charge in [-0.25, -0.2) is 0 Å². The van der Waals surface area contributed by atoms with Crippen molar-refractivity contribution in [3.8, 4) is 0 Å². The number of rotatable bonds is 16. The minimum Gasteiger partial charge on any atom is -0.369 e. The lowest BCUT2D eigenvalue weighted by Crippen LogP contribution is -2.49. The largest absolute Gasteiger partial charge is 0.369 e. The highest BCUT2D eigenvalue weighted by molar-refractivity contribution is 7.79. The fourth-order valence-electron chi connectivity index (χ4n) is 3.91. The molecular formula is C28H41N2O4P. The van der Waals surface area contributed by atoms with Crippen LogP contribution in [0.3, 0.4) is 0 Å². The highest BCUT2D eigenvalue weighted by atomic mass is 31.2. The van der Waals surface area contributed by atoms with Crippen molar-refractivity contribution in [3.05, 3.63) is 60.7 Å². The van der Waals surface area contributed by atoms with Crippen molar-refractivity contribution in [1.82, 2.24) is 10.6 Å². The summed E-state index contributed by atoms with van der Waals surface area (Å²) < 4.78 is 19.6. The summed E-state index contributed by atoms with van der Waals surface area (Å²) in [6.45, 7) is 6.62. The molecule has 0 radical (unpaired) electrons. The van der Waals surface area contributed by atoms with Crippen LogP contribution in [0.25, 0.3) is 0 Å². The van der Waals surface area contributed by atoms with Crippen molar-refractivity contribution in [2.75, 3.05) is 25.9 Å². The Morgan fingerprint density at radius 1 is 0.829 bits per heavy atom. The Labute approximate surface area is 210 Å². The monoisotopic (exact) mass is 500 g/mol. The molecule has 2 amide bonds. The van der Waals surface area contributed by atoms with Gasteiger partial charge in [-0.3, -0.25) is 9.59 Å². The van der Waals surface area contributed by atoms with Crippen molar-refractivity contribution in [3.63, 3.8) is 0 Å². The van der Waals surface area contributed by atoms with Crippen molar-refractivity contribution < 1.29 is 18.9 Å². The van der Waals surface area contributed by atoms with Crippen LogP contribution in [0.5, 0.6) is 0 Å². The maximum Gasteiger partial charge on any atom is 0.245 e. The van der Waals surface area contributed by atoms with E-state index in [9.17, 15) is 14.2 Å². The quantitative estimate of drug-likeness (QED) is 0.265. The summed E-state index contributed by atoms with van der Waals surface area (Å²) in [6, 6.07) is 18.3. The lowest BCUT2D eigenvalue weighted by atomic mass is 10.1. The molecule has 2 aromatic rings. The third-order valence-corrected chi connectivity index (χ3v) is 8.74. The summed E-state index contributed by atoms with van der Waals surface area (Å²) in [5.74, 6) is -0.472. The first-order valence-electron chi connectivity index (χ1n) is 12.6. The molecule has 0 fully saturated rings. The normalized spacial score (nSPS) is 11.7. The van der Waals surface area contributed by atoms with Gasteiger partial charge in [0.05, 0.1) is 18.3 Å². The molecule has 2 rings (SSSR count). The average Bonchev–Trinajstić information content (AvgIpc) is 2.84. The second-order valence-corrected chi connectivity index (χ2v) is 12.4. The molecule has 2 N–H and O–H groups in total. The number of unbranched alkanes of at least 4 members (excludes halogenated alkanes) is 5. The van der Waals surface area contributed by atoms with Crippen molar-refractivity contribution in [2.45, 2.75) is 64.8 Å². The first-order valence-corrected chi connectivity index (χ1v) is 14.5. The zero-order valence-corrected chi connectivity index (χ0v) is 22.3. The molecule has 0 saturated carbocycles. The standard InChI is InChI=1S/C28H41N2O4P/c1-4-5-6-7-8-15-20-29-26(31)21-34-23-28(2,3)30-27(32)22-35(33,24-16-11-9-12-17-24)25-18-13-10-14-19-25/h9-14,16-19H,4-8,15,20-23H2,1-3H3,(H,29,31)(H,30,32). The number of ether oxygens (including phenoxy) is 1. The van der Waals surface area contributed by atoms with Crippen LogP contribution < -0.4 is 21.2 Å². The van der Waals surface area contributed by atoms with E-state index in [1.807, 2.05) is 50.2 Å². The zero-order chi connectivity index (χ0) is 25.6. The molecule has 0 aliphatic heterocycles. The summed E-state index contributed by atoms with van der Waals surface area (Å²) in [4.78, 5) is 25.0. The first-order chi connectivity index (χ1) is 16.8. The predicted molar refractivity (Wildman–Crippen MR) is 144 cm³/mol. The van der Waals surface area contributed by atoms with Gasteiger partial charge in [0.25, 0.3) is 0 Å². The van der Waals surface area contributed by atoms with E-state index in [2.05, 4.69) is 17.6 Å². The molecule has 35 heavy (non-hydrogen) atoms. The number of nitrogens with one attached hydrogen (secondary N) is 2. The molecule has 192 valence electrons. The predicted octanol–water partition coefficient (Wildman–Crippen LogP) is 4.39. The van der Waals surface area contributed by atoms with E-state index in [0.29, 0.717) is 17.2 Å². The maximum atomic E-state index is 14.1. The summed E-state index contributed by atoms with van der Waals surface area (Å²) in [5.41, 5.74) is -0.713. The minimum absolute atomic E-state index is 0.0539. The van der Waals surface area contributed by atoms with E-state index in [-0.39, 0.29) is 31.2 Å². The van der Waals surface area contributed by atoms with Crippen LogP contribution in [0.2, 0.25) is 0 Å². The van der Waals surface area contributed by atoms with Crippen molar-refractivity contribution in [2.24, 2.45) is 0 Å². The SMILES string of the molecule is CCCCCCCCNC(=O)COCC(C)(C)NC(=O)CP(=O)(c1ccccc1)c1ccccc1. The second-order valence-electron chi connectivity index (χ2n) is 9.61. The average molecular weight is 501 g/mol. The second kappa shape index (κ2) is 14.9. The molecule has 0 heterocycles. The van der Waals surface area contributed by atoms with Crippen LogP contribution in [-0.2, 0) is 18.9 Å². The van der Waals surface area contributed by atoms with Crippen LogP contribution in [0.1, 0.15) is 59.3 Å². The highest BCUT2D eigenvalue weighted by Crippen LogP contribution is 2.42. The van der Waals surface area contributed by atoms with Gasteiger partial charge in [-0.2, -0.15) is 0 Å². The van der Waals surface area contributed by atoms with Crippen LogP contribution in [-0.4, -0.2) is 43.3 Å². The fraction of sp³-hybridized carbons (Fsp3) is 0.500. The number of hydrogen-bond acceptors (Lipinski definition) is 4. The third kappa shape index (κ3) is 10.4. The molecule has 7 heteroatoms. The van der Waals surface area contributed by atoms with Crippen LogP contribution in [0.4, 0.5) is 0 Å². The van der Waals surface area contributed by atoms with Crippen LogP contribution >= 0.6 is 7.14 Å². The fourth-order valence-corrected chi connectivity index (χ4v) is 6.36. The van der Waals surface area contributed by atoms with Crippen molar-refractivity contribution >= 4 is 29.6 Å². The van der Waals surface area contributed by atoms with Gasteiger partial charge in [0.2, 0.25) is 11.8 Å². The molecule has 0 spiro atoms. The topological polar surface area (TPSA) is 84.5 Å². The maximum absolute atomic E-state index is 14.1. The van der Waals surface area contributed by atoms with Gasteiger partial charge in [0.1, 0.15) is 6.61 Å². The van der Waals surface area contributed by atoms with E-state index in [4.69, 9.17) is 4.74 Å². The number of amides is 2. The Balaban J connectivity index is 1.82. The molecule has 0 unspecified atom stereocenters. The van der Waals surface area contributed by atoms with Gasteiger partial charge < -0.3 is 19.9 Å². The summed E-state index contributed by atoms with van der Waals surface area (Å²) in [5, 5.41) is 7.11. The van der Waals surface area contributed by atoms with Crippen molar-refractivity contribution in [1.29, 1.82) is 0 Å². The Morgan fingerprint density at radius 2 is 1.37 bits per heavy atom. The highest BCUT2D eigenvalue weighted by Gasteiger charge is 2.32. The van der Waals surface area contributed by atoms with Gasteiger partial charge in [-0.15, -0.1) is 0 Å². The number of benzene rings is 2.